The molecule has 0 bridgehead atoms. The highest BCUT2D eigenvalue weighted by atomic mass is 32.2. The van der Waals surface area contributed by atoms with Gasteiger partial charge in [-0.15, -0.1) is 0 Å². The number of fused-ring (bicyclic) bond motifs is 1. The Bertz CT molecular complexity index is 881. The van der Waals surface area contributed by atoms with Crippen LogP contribution in [0.5, 0.6) is 0 Å². The number of benzene rings is 1. The van der Waals surface area contributed by atoms with Gasteiger partial charge in [0, 0.05) is 29.5 Å². The number of quaternary nitrogens is 1. The van der Waals surface area contributed by atoms with Crippen LogP contribution in [0.25, 0.3) is 0 Å². The molecule has 1 aromatic carbocycles. The van der Waals surface area contributed by atoms with Gasteiger partial charge >= 0.3 is 12.0 Å². The molecule has 8 N–H and O–H groups in total. The van der Waals surface area contributed by atoms with E-state index in [-0.39, 0.29) is 30.4 Å². The topological polar surface area (TPSA) is 164 Å². The molecule has 186 valence electrons. The second-order valence-corrected chi connectivity index (χ2v) is 10.0. The van der Waals surface area contributed by atoms with Gasteiger partial charge in [0.25, 0.3) is 5.91 Å². The SMILES string of the molecule is [NH3+]c1ccc(C(=O)NC(CCCCNC(=O)CCCCC2SC[C@@H]3NC(=O)N[C@H]23)C(=O)O)cc1. The maximum Gasteiger partial charge on any atom is 0.326 e. The number of urea groups is 1. The fraction of sp³-hybridized carbons (Fsp3) is 0.565. The summed E-state index contributed by atoms with van der Waals surface area (Å²) in [5.41, 5.74) is 4.92. The van der Waals surface area contributed by atoms with Crippen molar-refractivity contribution >= 4 is 41.3 Å². The molecule has 2 fully saturated rings. The van der Waals surface area contributed by atoms with Crippen molar-refractivity contribution < 1.29 is 30.0 Å². The van der Waals surface area contributed by atoms with Gasteiger partial charge in [-0.3, -0.25) is 9.59 Å². The van der Waals surface area contributed by atoms with Gasteiger partial charge in [0.05, 0.1) is 12.1 Å². The molecule has 1 aromatic rings. The van der Waals surface area contributed by atoms with E-state index in [2.05, 4.69) is 27.0 Å². The van der Waals surface area contributed by atoms with Gasteiger partial charge in [-0.05, 0) is 56.4 Å². The third-order valence-corrected chi connectivity index (χ3v) is 7.65. The van der Waals surface area contributed by atoms with E-state index in [1.807, 2.05) is 11.8 Å². The molecule has 4 amide bonds. The average Bonchev–Trinajstić information content (AvgIpc) is 3.35. The average molecular weight is 493 g/mol. The maximum atomic E-state index is 12.3. The van der Waals surface area contributed by atoms with Crippen LogP contribution >= 0.6 is 11.8 Å². The first-order valence-electron chi connectivity index (χ1n) is 11.7. The van der Waals surface area contributed by atoms with Crippen molar-refractivity contribution in [3.63, 3.8) is 0 Å². The molecule has 0 aromatic heterocycles. The van der Waals surface area contributed by atoms with Gasteiger partial charge in [0.2, 0.25) is 5.91 Å². The minimum atomic E-state index is -1.08. The number of carboxylic acid groups (broad SMARTS) is 1. The fourth-order valence-corrected chi connectivity index (χ4v) is 5.76. The predicted octanol–water partition coefficient (Wildman–Crippen LogP) is 0.755. The molecule has 0 radical (unpaired) electrons. The van der Waals surface area contributed by atoms with Gasteiger partial charge in [-0.25, -0.2) is 9.59 Å². The number of unbranched alkanes of at least 4 members (excludes halogenated alkanes) is 2. The summed E-state index contributed by atoms with van der Waals surface area (Å²) in [5, 5.41) is 21.1. The molecular formula is C23H34N5O5S+. The zero-order chi connectivity index (χ0) is 24.5. The summed E-state index contributed by atoms with van der Waals surface area (Å²) in [6.45, 7) is 0.476. The van der Waals surface area contributed by atoms with Crippen LogP contribution in [0.4, 0.5) is 10.5 Å². The van der Waals surface area contributed by atoms with Gasteiger partial charge in [-0.1, -0.05) is 6.42 Å². The molecule has 0 aliphatic carbocycles. The van der Waals surface area contributed by atoms with Crippen LogP contribution in [0.1, 0.15) is 55.3 Å². The van der Waals surface area contributed by atoms with Gasteiger partial charge in [-0.2, -0.15) is 11.8 Å². The summed E-state index contributed by atoms with van der Waals surface area (Å²) < 4.78 is 0. The predicted molar refractivity (Wildman–Crippen MR) is 129 cm³/mol. The molecule has 10 nitrogen and oxygen atoms in total. The Morgan fingerprint density at radius 1 is 1.12 bits per heavy atom. The lowest BCUT2D eigenvalue weighted by Gasteiger charge is -2.16. The molecule has 2 unspecified atom stereocenters. The smallest absolute Gasteiger partial charge is 0.326 e. The number of nitrogens with one attached hydrogen (secondary N) is 4. The monoisotopic (exact) mass is 492 g/mol. The molecule has 2 saturated heterocycles. The molecule has 0 saturated carbocycles. The Morgan fingerprint density at radius 3 is 2.62 bits per heavy atom. The lowest BCUT2D eigenvalue weighted by molar-refractivity contribution is -0.254. The molecule has 4 atom stereocenters. The maximum absolute atomic E-state index is 12.3. The minimum absolute atomic E-state index is 0.00950. The van der Waals surface area contributed by atoms with Gasteiger partial charge < -0.3 is 32.1 Å². The summed E-state index contributed by atoms with van der Waals surface area (Å²) in [5.74, 6) is -0.584. The normalized spacial score (nSPS) is 21.8. The number of rotatable bonds is 13. The third-order valence-electron chi connectivity index (χ3n) is 6.14. The third kappa shape index (κ3) is 7.63. The fourth-order valence-electron chi connectivity index (χ4n) is 4.22. The summed E-state index contributed by atoms with van der Waals surface area (Å²) in [6, 6.07) is 5.97. The standard InChI is InChI=1S/C23H33N5O5S/c24-15-10-8-14(9-11-15)21(30)26-16(22(31)32)5-3-4-12-25-19(29)7-2-1-6-18-20-17(13-34-18)27-23(33)28-20/h8-11,16-18,20H,1-7,12-13,24H2,(H,25,29)(H,26,30)(H,31,32)(H2,27,28,33)/p+1/t16?,17-,18?,20-/m0/s1. The highest BCUT2D eigenvalue weighted by Crippen LogP contribution is 2.33. The lowest BCUT2D eigenvalue weighted by atomic mass is 10.0. The number of carbonyl (C=O) groups excluding carboxylic acids is 3. The summed E-state index contributed by atoms with van der Waals surface area (Å²) in [6.07, 6.45) is 4.65. The van der Waals surface area contributed by atoms with Gasteiger partial charge in [0.1, 0.15) is 11.7 Å². The molecule has 2 heterocycles. The molecule has 0 spiro atoms. The first-order chi connectivity index (χ1) is 16.3. The quantitative estimate of drug-likeness (QED) is 0.176. The van der Waals surface area contributed by atoms with Crippen LogP contribution in [-0.2, 0) is 9.59 Å². The van der Waals surface area contributed by atoms with E-state index >= 15 is 0 Å². The van der Waals surface area contributed by atoms with Crippen LogP contribution in [0.15, 0.2) is 24.3 Å². The lowest BCUT2D eigenvalue weighted by Crippen LogP contribution is -2.41. The Hall–Kier alpha value is -2.79. The Morgan fingerprint density at radius 2 is 1.88 bits per heavy atom. The zero-order valence-electron chi connectivity index (χ0n) is 19.2. The van der Waals surface area contributed by atoms with Gasteiger partial charge in [0.15, 0.2) is 0 Å². The number of thioether (sulfide) groups is 1. The molecule has 11 heteroatoms. The Labute approximate surface area is 203 Å². The minimum Gasteiger partial charge on any atom is -0.480 e. The molecule has 2 aliphatic heterocycles. The van der Waals surface area contributed by atoms with Crippen molar-refractivity contribution in [2.75, 3.05) is 12.3 Å². The van der Waals surface area contributed by atoms with Crippen LogP contribution in [0.2, 0.25) is 0 Å². The molecule has 2 aliphatic rings. The highest BCUT2D eigenvalue weighted by Gasteiger charge is 2.42. The number of carboxylic acids is 1. The van der Waals surface area contributed by atoms with Crippen molar-refractivity contribution in [2.45, 2.75) is 68.3 Å². The van der Waals surface area contributed by atoms with Crippen molar-refractivity contribution in [2.24, 2.45) is 0 Å². The number of hydrogen-bond donors (Lipinski definition) is 6. The van der Waals surface area contributed by atoms with Crippen molar-refractivity contribution in [3.8, 4) is 0 Å². The largest absolute Gasteiger partial charge is 0.480 e. The summed E-state index contributed by atoms with van der Waals surface area (Å²) in [7, 11) is 0. The molecule has 34 heavy (non-hydrogen) atoms. The van der Waals surface area contributed by atoms with Crippen LogP contribution in [0, 0.1) is 0 Å². The molecular weight excluding hydrogens is 458 g/mol. The van der Waals surface area contributed by atoms with Crippen LogP contribution < -0.4 is 27.0 Å². The summed E-state index contributed by atoms with van der Waals surface area (Å²) in [4.78, 5) is 47.2. The van der Waals surface area contributed by atoms with E-state index in [4.69, 9.17) is 0 Å². The van der Waals surface area contributed by atoms with Crippen molar-refractivity contribution in [3.05, 3.63) is 29.8 Å². The number of hydrogen-bond acceptors (Lipinski definition) is 5. The Balaban J connectivity index is 1.24. The second-order valence-electron chi connectivity index (χ2n) is 8.77. The van der Waals surface area contributed by atoms with E-state index in [0.717, 1.165) is 30.7 Å². The van der Waals surface area contributed by atoms with Crippen molar-refractivity contribution in [1.29, 1.82) is 0 Å². The first-order valence-corrected chi connectivity index (χ1v) is 12.8. The van der Waals surface area contributed by atoms with E-state index < -0.39 is 17.9 Å². The highest BCUT2D eigenvalue weighted by molar-refractivity contribution is 8.00. The van der Waals surface area contributed by atoms with E-state index in [1.54, 1.807) is 24.3 Å². The Kier molecular flexibility index (Phi) is 9.58. The van der Waals surface area contributed by atoms with E-state index in [9.17, 15) is 24.3 Å². The second kappa shape index (κ2) is 12.6. The van der Waals surface area contributed by atoms with Crippen LogP contribution in [0.3, 0.4) is 0 Å². The number of carbonyl (C=O) groups is 4. The van der Waals surface area contributed by atoms with E-state index in [1.165, 1.54) is 0 Å². The molecule has 3 rings (SSSR count). The zero-order valence-corrected chi connectivity index (χ0v) is 20.0. The first kappa shape index (κ1) is 25.8. The summed E-state index contributed by atoms with van der Waals surface area (Å²) >= 11 is 1.87. The number of amides is 4. The van der Waals surface area contributed by atoms with Crippen molar-refractivity contribution in [1.82, 2.24) is 21.3 Å². The van der Waals surface area contributed by atoms with Crippen LogP contribution in [-0.4, -0.2) is 64.6 Å². The number of aliphatic carboxylic acids is 1. The van der Waals surface area contributed by atoms with E-state index in [0.29, 0.717) is 36.6 Å².